The smallest absolute Gasteiger partial charge is 0.251 e. The lowest BCUT2D eigenvalue weighted by Gasteiger charge is -2.12. The Hall–Kier alpha value is -2.35. The van der Waals surface area contributed by atoms with Crippen LogP contribution in [0.5, 0.6) is 0 Å². The molecule has 0 saturated heterocycles. The minimum atomic E-state index is -0.143. The van der Waals surface area contributed by atoms with E-state index in [1.165, 1.54) is 24.6 Å². The van der Waals surface area contributed by atoms with Crippen molar-refractivity contribution in [3.05, 3.63) is 41.2 Å². The minimum absolute atomic E-state index is 0.0387. The normalized spacial score (nSPS) is 14.2. The van der Waals surface area contributed by atoms with Crippen molar-refractivity contribution >= 4 is 23.6 Å². The molecule has 2 N–H and O–H groups in total. The lowest BCUT2D eigenvalue weighted by Crippen LogP contribution is -2.33. The molecule has 3 rings (SSSR count). The quantitative estimate of drug-likeness (QED) is 0.664. The van der Waals surface area contributed by atoms with E-state index >= 15 is 0 Å². The van der Waals surface area contributed by atoms with Crippen LogP contribution in [-0.2, 0) is 17.9 Å². The van der Waals surface area contributed by atoms with Gasteiger partial charge in [0, 0.05) is 18.2 Å². The van der Waals surface area contributed by atoms with E-state index < -0.39 is 0 Å². The van der Waals surface area contributed by atoms with Gasteiger partial charge in [-0.05, 0) is 38.8 Å². The highest BCUT2D eigenvalue weighted by molar-refractivity contribution is 7.99. The fraction of sp³-hybridized carbons (Fsp3) is 0.500. The van der Waals surface area contributed by atoms with E-state index in [9.17, 15) is 9.59 Å². The summed E-state index contributed by atoms with van der Waals surface area (Å²) in [7, 11) is 0. The molecule has 0 bridgehead atoms. The fourth-order valence-electron chi connectivity index (χ4n) is 3.31. The van der Waals surface area contributed by atoms with E-state index in [1.807, 2.05) is 30.5 Å². The maximum Gasteiger partial charge on any atom is 0.251 e. The molecule has 7 nitrogen and oxygen atoms in total. The Labute approximate surface area is 169 Å². The fourth-order valence-corrected chi connectivity index (χ4v) is 4.14. The molecule has 2 aromatic rings. The van der Waals surface area contributed by atoms with Crippen molar-refractivity contribution in [3.63, 3.8) is 0 Å². The van der Waals surface area contributed by atoms with Crippen LogP contribution in [0.3, 0.4) is 0 Å². The standard InChI is InChI=1S/C20H27N5O2S/c1-3-25-17(12-21-19(27)15-10-8-14(2)9-11-15)23-24-20(25)28-13-18(26)22-16-6-4-5-7-16/h8-11,16H,3-7,12-13H2,1-2H3,(H,21,27)(H,22,26). The van der Waals surface area contributed by atoms with Crippen LogP contribution in [0.4, 0.5) is 0 Å². The Balaban J connectivity index is 1.53. The summed E-state index contributed by atoms with van der Waals surface area (Å²) in [5.74, 6) is 0.902. The number of thioether (sulfide) groups is 1. The van der Waals surface area contributed by atoms with Gasteiger partial charge in [-0.25, -0.2) is 0 Å². The molecule has 1 aliphatic carbocycles. The predicted octanol–water partition coefficient (Wildman–Crippen LogP) is 2.69. The molecule has 1 heterocycles. The lowest BCUT2D eigenvalue weighted by atomic mass is 10.1. The number of rotatable bonds is 8. The number of hydrogen-bond donors (Lipinski definition) is 2. The molecule has 28 heavy (non-hydrogen) atoms. The number of aromatic nitrogens is 3. The zero-order valence-corrected chi connectivity index (χ0v) is 17.2. The van der Waals surface area contributed by atoms with Gasteiger partial charge in [0.25, 0.3) is 5.91 Å². The molecular formula is C20H27N5O2S. The van der Waals surface area contributed by atoms with E-state index in [0.29, 0.717) is 41.4 Å². The molecule has 8 heteroatoms. The highest BCUT2D eigenvalue weighted by Crippen LogP contribution is 2.20. The number of nitrogens with zero attached hydrogens (tertiary/aromatic N) is 3. The van der Waals surface area contributed by atoms with Crippen LogP contribution in [-0.4, -0.2) is 38.4 Å². The second-order valence-electron chi connectivity index (χ2n) is 7.03. The first-order valence-corrected chi connectivity index (χ1v) is 10.7. The molecule has 1 fully saturated rings. The van der Waals surface area contributed by atoms with Gasteiger partial charge in [-0.3, -0.25) is 9.59 Å². The summed E-state index contributed by atoms with van der Waals surface area (Å²) >= 11 is 1.38. The maximum absolute atomic E-state index is 12.3. The number of amides is 2. The Morgan fingerprint density at radius 1 is 1.18 bits per heavy atom. The van der Waals surface area contributed by atoms with Crippen LogP contribution in [0, 0.1) is 6.92 Å². The average molecular weight is 402 g/mol. The van der Waals surface area contributed by atoms with Crippen LogP contribution in [0.1, 0.15) is 54.4 Å². The van der Waals surface area contributed by atoms with Gasteiger partial charge in [-0.15, -0.1) is 10.2 Å². The summed E-state index contributed by atoms with van der Waals surface area (Å²) in [5.41, 5.74) is 1.73. The second-order valence-corrected chi connectivity index (χ2v) is 7.97. The van der Waals surface area contributed by atoms with Crippen molar-refractivity contribution < 1.29 is 9.59 Å². The van der Waals surface area contributed by atoms with E-state index in [-0.39, 0.29) is 11.8 Å². The van der Waals surface area contributed by atoms with Gasteiger partial charge >= 0.3 is 0 Å². The molecule has 0 radical (unpaired) electrons. The first-order valence-electron chi connectivity index (χ1n) is 9.76. The molecule has 0 unspecified atom stereocenters. The molecule has 1 aliphatic rings. The summed E-state index contributed by atoms with van der Waals surface area (Å²) in [6.07, 6.45) is 4.54. The number of benzene rings is 1. The molecule has 0 atom stereocenters. The van der Waals surface area contributed by atoms with Crippen LogP contribution >= 0.6 is 11.8 Å². The van der Waals surface area contributed by atoms with Crippen LogP contribution < -0.4 is 10.6 Å². The number of nitrogens with one attached hydrogen (secondary N) is 2. The molecule has 2 amide bonds. The van der Waals surface area contributed by atoms with Crippen LogP contribution in [0.15, 0.2) is 29.4 Å². The van der Waals surface area contributed by atoms with Gasteiger partial charge in [0.15, 0.2) is 11.0 Å². The van der Waals surface area contributed by atoms with Crippen LogP contribution in [0.2, 0.25) is 0 Å². The van der Waals surface area contributed by atoms with Gasteiger partial charge < -0.3 is 15.2 Å². The first-order chi connectivity index (χ1) is 13.6. The summed E-state index contributed by atoms with van der Waals surface area (Å²) in [6, 6.07) is 7.76. The maximum atomic E-state index is 12.3. The Morgan fingerprint density at radius 2 is 1.89 bits per heavy atom. The molecule has 0 spiro atoms. The number of carbonyl (C=O) groups excluding carboxylic acids is 2. The van der Waals surface area contributed by atoms with Crippen molar-refractivity contribution in [2.75, 3.05) is 5.75 Å². The number of hydrogen-bond acceptors (Lipinski definition) is 5. The van der Waals surface area contributed by atoms with Crippen molar-refractivity contribution in [1.29, 1.82) is 0 Å². The Bertz CT molecular complexity index is 813. The topological polar surface area (TPSA) is 88.9 Å². The molecule has 0 aliphatic heterocycles. The number of aryl methyl sites for hydroxylation is 1. The Kier molecular flexibility index (Phi) is 7.08. The third-order valence-corrected chi connectivity index (χ3v) is 5.85. The largest absolute Gasteiger partial charge is 0.353 e. The summed E-state index contributed by atoms with van der Waals surface area (Å²) in [4.78, 5) is 24.4. The van der Waals surface area contributed by atoms with Crippen molar-refractivity contribution in [2.45, 2.75) is 63.8 Å². The molecule has 150 valence electrons. The third-order valence-electron chi connectivity index (χ3n) is 4.88. The minimum Gasteiger partial charge on any atom is -0.353 e. The first kappa shape index (κ1) is 20.4. The van der Waals surface area contributed by atoms with Gasteiger partial charge in [0.2, 0.25) is 5.91 Å². The molecule has 1 aromatic carbocycles. The SMILES string of the molecule is CCn1c(CNC(=O)c2ccc(C)cc2)nnc1SCC(=O)NC1CCCC1. The molecule has 1 saturated carbocycles. The van der Waals surface area contributed by atoms with Crippen molar-refractivity contribution in [2.24, 2.45) is 0 Å². The van der Waals surface area contributed by atoms with E-state index in [0.717, 1.165) is 18.4 Å². The van der Waals surface area contributed by atoms with E-state index in [1.54, 1.807) is 12.1 Å². The molecule has 1 aromatic heterocycles. The van der Waals surface area contributed by atoms with Crippen molar-refractivity contribution in [1.82, 2.24) is 25.4 Å². The van der Waals surface area contributed by atoms with E-state index in [2.05, 4.69) is 20.8 Å². The summed E-state index contributed by atoms with van der Waals surface area (Å²) in [6.45, 7) is 4.95. The van der Waals surface area contributed by atoms with E-state index in [4.69, 9.17) is 0 Å². The van der Waals surface area contributed by atoms with Gasteiger partial charge in [-0.2, -0.15) is 0 Å². The van der Waals surface area contributed by atoms with Crippen molar-refractivity contribution in [3.8, 4) is 0 Å². The van der Waals surface area contributed by atoms with Crippen LogP contribution in [0.25, 0.3) is 0 Å². The summed E-state index contributed by atoms with van der Waals surface area (Å²) in [5, 5.41) is 15.1. The van der Waals surface area contributed by atoms with Gasteiger partial charge in [0.05, 0.1) is 12.3 Å². The average Bonchev–Trinajstić information content (AvgIpc) is 3.34. The highest BCUT2D eigenvalue weighted by Gasteiger charge is 2.18. The third kappa shape index (κ3) is 5.34. The monoisotopic (exact) mass is 401 g/mol. The zero-order valence-electron chi connectivity index (χ0n) is 16.4. The lowest BCUT2D eigenvalue weighted by molar-refractivity contribution is -0.119. The zero-order chi connectivity index (χ0) is 19.9. The molecular weight excluding hydrogens is 374 g/mol. The predicted molar refractivity (Wildman–Crippen MR) is 109 cm³/mol. The highest BCUT2D eigenvalue weighted by atomic mass is 32.2. The second kappa shape index (κ2) is 9.73. The Morgan fingerprint density at radius 3 is 2.57 bits per heavy atom. The summed E-state index contributed by atoms with van der Waals surface area (Å²) < 4.78 is 1.93. The van der Waals surface area contributed by atoms with Gasteiger partial charge in [-0.1, -0.05) is 42.3 Å². The number of carbonyl (C=O) groups is 2. The van der Waals surface area contributed by atoms with Gasteiger partial charge in [0.1, 0.15) is 0 Å².